The van der Waals surface area contributed by atoms with Crippen LogP contribution < -0.4 is 0 Å². The summed E-state index contributed by atoms with van der Waals surface area (Å²) in [6.07, 6.45) is 5.21. The number of hydrogen-bond donors (Lipinski definition) is 1. The molecule has 2 fully saturated rings. The lowest BCUT2D eigenvalue weighted by molar-refractivity contribution is -0.142. The average molecular weight is 293 g/mol. The number of carboxylic acids is 1. The van der Waals surface area contributed by atoms with Gasteiger partial charge in [0, 0.05) is 12.0 Å². The first-order valence-corrected chi connectivity index (χ1v) is 7.65. The van der Waals surface area contributed by atoms with Crippen molar-refractivity contribution in [3.63, 3.8) is 0 Å². The first-order chi connectivity index (χ1) is 9.82. The zero-order valence-corrected chi connectivity index (χ0v) is 12.9. The largest absolute Gasteiger partial charge is 0.476 e. The van der Waals surface area contributed by atoms with E-state index in [0.29, 0.717) is 0 Å². The van der Waals surface area contributed by atoms with E-state index >= 15 is 0 Å². The summed E-state index contributed by atoms with van der Waals surface area (Å²) >= 11 is 0. The van der Waals surface area contributed by atoms with Crippen LogP contribution in [0.5, 0.6) is 0 Å². The van der Waals surface area contributed by atoms with E-state index in [1.807, 2.05) is 25.5 Å². The second-order valence-corrected chi connectivity index (χ2v) is 7.32. The summed E-state index contributed by atoms with van der Waals surface area (Å²) < 4.78 is 7.81. The number of rotatable bonds is 2. The van der Waals surface area contributed by atoms with Gasteiger partial charge in [-0.2, -0.15) is 0 Å². The first kappa shape index (κ1) is 14.5. The Morgan fingerprint density at radius 1 is 1.43 bits per heavy atom. The fourth-order valence-electron chi connectivity index (χ4n) is 3.52. The van der Waals surface area contributed by atoms with Gasteiger partial charge >= 0.3 is 5.97 Å². The molecule has 21 heavy (non-hydrogen) atoms. The molecule has 0 amide bonds. The van der Waals surface area contributed by atoms with Crippen LogP contribution >= 0.6 is 0 Å². The minimum absolute atomic E-state index is 0.00735. The van der Waals surface area contributed by atoms with E-state index < -0.39 is 5.97 Å². The third-order valence-electron chi connectivity index (χ3n) is 4.69. The van der Waals surface area contributed by atoms with Crippen LogP contribution in [0.2, 0.25) is 0 Å². The average Bonchev–Trinajstić information content (AvgIpc) is 2.82. The van der Waals surface area contributed by atoms with E-state index in [9.17, 15) is 9.90 Å². The smallest absolute Gasteiger partial charge is 0.358 e. The highest BCUT2D eigenvalue weighted by Crippen LogP contribution is 2.46. The molecule has 0 aromatic carbocycles. The van der Waals surface area contributed by atoms with E-state index in [1.165, 1.54) is 6.42 Å². The molecule has 1 aromatic heterocycles. The highest BCUT2D eigenvalue weighted by Gasteiger charge is 2.44. The molecule has 0 bridgehead atoms. The van der Waals surface area contributed by atoms with Crippen LogP contribution in [0.1, 0.15) is 75.1 Å². The van der Waals surface area contributed by atoms with Crippen LogP contribution in [0.3, 0.4) is 0 Å². The molecule has 1 aliphatic carbocycles. The Morgan fingerprint density at radius 3 is 2.67 bits per heavy atom. The molecule has 6 heteroatoms. The lowest BCUT2D eigenvalue weighted by atomic mass is 9.73. The van der Waals surface area contributed by atoms with Gasteiger partial charge in [0.05, 0.1) is 17.3 Å². The lowest BCUT2D eigenvalue weighted by Crippen LogP contribution is -2.46. The van der Waals surface area contributed by atoms with Crippen LogP contribution in [0.4, 0.5) is 0 Å². The van der Waals surface area contributed by atoms with Crippen molar-refractivity contribution in [2.75, 3.05) is 6.61 Å². The van der Waals surface area contributed by atoms with Crippen molar-refractivity contribution in [3.05, 3.63) is 11.4 Å². The van der Waals surface area contributed by atoms with Crippen LogP contribution in [0.15, 0.2) is 0 Å². The van der Waals surface area contributed by atoms with Gasteiger partial charge < -0.3 is 9.84 Å². The lowest BCUT2D eigenvalue weighted by Gasteiger charge is -2.47. The Bertz CT molecular complexity index is 555. The molecule has 0 radical (unpaired) electrons. The van der Waals surface area contributed by atoms with Gasteiger partial charge in [0.2, 0.25) is 0 Å². The number of aromatic carboxylic acids is 1. The van der Waals surface area contributed by atoms with Gasteiger partial charge in [0.15, 0.2) is 5.69 Å². The fourth-order valence-corrected chi connectivity index (χ4v) is 3.52. The molecule has 116 valence electrons. The first-order valence-electron chi connectivity index (χ1n) is 7.65. The third kappa shape index (κ3) is 2.46. The maximum atomic E-state index is 11.4. The molecular weight excluding hydrogens is 270 g/mol. The van der Waals surface area contributed by atoms with Gasteiger partial charge in [0.25, 0.3) is 0 Å². The summed E-state index contributed by atoms with van der Waals surface area (Å²) in [6.45, 7) is 6.74. The Labute approximate surface area is 124 Å². The van der Waals surface area contributed by atoms with Gasteiger partial charge in [0.1, 0.15) is 0 Å². The monoisotopic (exact) mass is 293 g/mol. The molecule has 1 N–H and O–H groups in total. The van der Waals surface area contributed by atoms with E-state index in [4.69, 9.17) is 4.74 Å². The van der Waals surface area contributed by atoms with Crippen molar-refractivity contribution in [1.29, 1.82) is 0 Å². The van der Waals surface area contributed by atoms with Crippen molar-refractivity contribution in [3.8, 4) is 0 Å². The minimum atomic E-state index is -1.00. The fraction of sp³-hybridized carbons (Fsp3) is 0.800. The summed E-state index contributed by atoms with van der Waals surface area (Å²) in [7, 11) is 0. The summed E-state index contributed by atoms with van der Waals surface area (Å²) in [5.74, 6) is -1.00. The Balaban J connectivity index is 1.96. The predicted molar refractivity (Wildman–Crippen MR) is 76.5 cm³/mol. The summed E-state index contributed by atoms with van der Waals surface area (Å²) in [6, 6.07) is 0.189. The number of aromatic nitrogens is 3. The van der Waals surface area contributed by atoms with Crippen LogP contribution in [0.25, 0.3) is 0 Å². The zero-order valence-electron chi connectivity index (χ0n) is 12.9. The summed E-state index contributed by atoms with van der Waals surface area (Å²) in [4.78, 5) is 11.4. The quantitative estimate of drug-likeness (QED) is 0.906. The van der Waals surface area contributed by atoms with E-state index in [1.54, 1.807) is 0 Å². The number of nitrogens with zero attached hydrogens (tertiary/aromatic N) is 3. The maximum absolute atomic E-state index is 11.4. The normalized spacial score (nSPS) is 24.8. The third-order valence-corrected chi connectivity index (χ3v) is 4.69. The van der Waals surface area contributed by atoms with E-state index in [-0.39, 0.29) is 22.8 Å². The highest BCUT2D eigenvalue weighted by atomic mass is 16.5. The maximum Gasteiger partial charge on any atom is 0.358 e. The van der Waals surface area contributed by atoms with Crippen molar-refractivity contribution >= 4 is 5.97 Å². The molecule has 3 rings (SSSR count). The molecule has 1 aromatic rings. The molecule has 1 saturated carbocycles. The number of ether oxygens (including phenoxy) is 1. The van der Waals surface area contributed by atoms with Gasteiger partial charge in [-0.1, -0.05) is 26.0 Å². The molecule has 6 nitrogen and oxygen atoms in total. The molecule has 1 saturated heterocycles. The second-order valence-electron chi connectivity index (χ2n) is 7.32. The van der Waals surface area contributed by atoms with E-state index in [2.05, 4.69) is 10.3 Å². The minimum Gasteiger partial charge on any atom is -0.476 e. The molecule has 2 heterocycles. The number of carbonyl (C=O) groups is 1. The van der Waals surface area contributed by atoms with Crippen molar-refractivity contribution in [1.82, 2.24) is 15.0 Å². The van der Waals surface area contributed by atoms with Gasteiger partial charge in [-0.3, -0.25) is 0 Å². The molecule has 1 aliphatic heterocycles. The van der Waals surface area contributed by atoms with Gasteiger partial charge in [-0.25, -0.2) is 9.48 Å². The molecule has 1 spiro atoms. The van der Waals surface area contributed by atoms with Crippen LogP contribution in [-0.2, 0) is 10.2 Å². The van der Waals surface area contributed by atoms with Crippen molar-refractivity contribution in [2.45, 2.75) is 69.9 Å². The highest BCUT2D eigenvalue weighted by molar-refractivity contribution is 5.86. The standard InChI is InChI=1S/C15H23N3O3/c1-14(2,3)12-11(13(19)20)16-17-18(12)10-5-8-21-15(9-10)6-4-7-15/h10H,4-9H2,1-3H3,(H,19,20). The Kier molecular flexibility index (Phi) is 3.31. The van der Waals surface area contributed by atoms with Crippen molar-refractivity contribution in [2.24, 2.45) is 0 Å². The SMILES string of the molecule is CC(C)(C)c1c(C(=O)O)nnn1C1CCOC2(CCC2)C1. The molecular formula is C15H23N3O3. The van der Waals surface area contributed by atoms with Gasteiger partial charge in [-0.05, 0) is 32.1 Å². The molecule has 1 unspecified atom stereocenters. The van der Waals surface area contributed by atoms with Crippen LogP contribution in [0, 0.1) is 0 Å². The summed E-state index contributed by atoms with van der Waals surface area (Å²) in [5, 5.41) is 17.5. The zero-order chi connectivity index (χ0) is 15.3. The Hall–Kier alpha value is -1.43. The van der Waals surface area contributed by atoms with Crippen LogP contribution in [-0.4, -0.2) is 38.3 Å². The number of carboxylic acid groups (broad SMARTS) is 1. The van der Waals surface area contributed by atoms with Gasteiger partial charge in [-0.15, -0.1) is 5.10 Å². The number of hydrogen-bond acceptors (Lipinski definition) is 4. The molecule has 2 aliphatic rings. The Morgan fingerprint density at radius 2 is 2.14 bits per heavy atom. The van der Waals surface area contributed by atoms with E-state index in [0.717, 1.165) is 38.0 Å². The second kappa shape index (κ2) is 4.80. The molecule has 1 atom stereocenters. The van der Waals surface area contributed by atoms with Crippen molar-refractivity contribution < 1.29 is 14.6 Å². The predicted octanol–water partition coefficient (Wildman–Crippen LogP) is 2.55. The topological polar surface area (TPSA) is 77.2 Å². The summed E-state index contributed by atoms with van der Waals surface area (Å²) in [5.41, 5.74) is 0.503.